The summed E-state index contributed by atoms with van der Waals surface area (Å²) in [5, 5.41) is 3.14. The van der Waals surface area contributed by atoms with E-state index in [1.54, 1.807) is 0 Å². The number of rotatable bonds is 7. The molecule has 2 amide bonds. The monoisotopic (exact) mass is 408 g/mol. The maximum atomic E-state index is 13.6. The van der Waals surface area contributed by atoms with Crippen molar-refractivity contribution in [1.82, 2.24) is 20.0 Å². The van der Waals surface area contributed by atoms with Crippen molar-refractivity contribution in [2.45, 2.75) is 84.8 Å². The third-order valence-corrected chi connectivity index (χ3v) is 6.73. The van der Waals surface area contributed by atoms with E-state index in [2.05, 4.69) is 29.0 Å². The van der Waals surface area contributed by atoms with E-state index < -0.39 is 6.04 Å². The molecule has 0 spiro atoms. The Bertz CT molecular complexity index is 552. The molecule has 2 aliphatic heterocycles. The molecule has 0 aliphatic carbocycles. The first-order chi connectivity index (χ1) is 13.5. The average Bonchev–Trinajstić information content (AvgIpc) is 3.15. The minimum absolute atomic E-state index is 0.00508. The van der Waals surface area contributed by atoms with Crippen LogP contribution in [0.5, 0.6) is 0 Å². The van der Waals surface area contributed by atoms with Crippen molar-refractivity contribution in [3.05, 3.63) is 0 Å². The number of piperidine rings is 1. The first-order valence-corrected chi connectivity index (χ1v) is 11.5. The van der Waals surface area contributed by atoms with Crippen molar-refractivity contribution in [3.63, 3.8) is 0 Å². The van der Waals surface area contributed by atoms with Crippen LogP contribution in [0.4, 0.5) is 0 Å². The van der Waals surface area contributed by atoms with E-state index in [0.717, 1.165) is 45.4 Å². The lowest BCUT2D eigenvalue weighted by atomic mass is 9.84. The van der Waals surface area contributed by atoms with E-state index in [-0.39, 0.29) is 29.3 Å². The van der Waals surface area contributed by atoms with E-state index in [1.807, 2.05) is 39.8 Å². The number of carbonyl (C=O) groups is 2. The van der Waals surface area contributed by atoms with Gasteiger partial charge in [-0.15, -0.1) is 0 Å². The molecule has 0 saturated carbocycles. The standard InChI is InChI=1S/C23H44N4O2/c1-17(2)19(16-27-14-10-11-15-27)26(7)22(29)20(23(3,4)5)24-21(28)18-12-8-9-13-25(18)6/h17-20H,8-16H2,1-7H3,(H,24,28). The molecule has 3 atom stereocenters. The quantitative estimate of drug-likeness (QED) is 0.703. The Kier molecular flexibility index (Phi) is 8.53. The predicted octanol–water partition coefficient (Wildman–Crippen LogP) is 2.58. The molecule has 29 heavy (non-hydrogen) atoms. The first kappa shape index (κ1) is 24.1. The fraction of sp³-hybridized carbons (Fsp3) is 0.913. The van der Waals surface area contributed by atoms with Gasteiger partial charge >= 0.3 is 0 Å². The van der Waals surface area contributed by atoms with Gasteiger partial charge < -0.3 is 15.1 Å². The van der Waals surface area contributed by atoms with Crippen LogP contribution < -0.4 is 5.32 Å². The zero-order valence-electron chi connectivity index (χ0n) is 19.8. The lowest BCUT2D eigenvalue weighted by molar-refractivity contribution is -0.142. The number of amides is 2. The van der Waals surface area contributed by atoms with Crippen LogP contribution in [0.15, 0.2) is 0 Å². The summed E-state index contributed by atoms with van der Waals surface area (Å²) in [6.45, 7) is 14.6. The number of hydrogen-bond donors (Lipinski definition) is 1. The van der Waals surface area contributed by atoms with E-state index in [0.29, 0.717) is 5.92 Å². The van der Waals surface area contributed by atoms with Gasteiger partial charge in [0.1, 0.15) is 6.04 Å². The van der Waals surface area contributed by atoms with Gasteiger partial charge in [-0.25, -0.2) is 0 Å². The number of carbonyl (C=O) groups excluding carboxylic acids is 2. The second-order valence-corrected chi connectivity index (χ2v) is 10.6. The molecule has 168 valence electrons. The van der Waals surface area contributed by atoms with Gasteiger partial charge in [0.25, 0.3) is 0 Å². The van der Waals surface area contributed by atoms with Crippen LogP contribution >= 0.6 is 0 Å². The van der Waals surface area contributed by atoms with Crippen LogP contribution in [0, 0.1) is 11.3 Å². The van der Waals surface area contributed by atoms with Gasteiger partial charge in [0, 0.05) is 19.6 Å². The van der Waals surface area contributed by atoms with Crippen molar-refractivity contribution < 1.29 is 9.59 Å². The number of likely N-dealkylation sites (tertiary alicyclic amines) is 2. The molecule has 0 aromatic carbocycles. The fourth-order valence-corrected chi connectivity index (χ4v) is 4.67. The molecule has 0 aromatic heterocycles. The van der Waals surface area contributed by atoms with Crippen LogP contribution in [-0.2, 0) is 9.59 Å². The Morgan fingerprint density at radius 1 is 1.07 bits per heavy atom. The van der Waals surface area contributed by atoms with E-state index in [4.69, 9.17) is 0 Å². The Labute approximate surface area is 178 Å². The number of likely N-dealkylation sites (N-methyl/N-ethyl adjacent to an activating group) is 2. The summed E-state index contributed by atoms with van der Waals surface area (Å²) >= 11 is 0. The summed E-state index contributed by atoms with van der Waals surface area (Å²) in [4.78, 5) is 33.1. The maximum Gasteiger partial charge on any atom is 0.245 e. The van der Waals surface area contributed by atoms with Gasteiger partial charge in [0.2, 0.25) is 11.8 Å². The first-order valence-electron chi connectivity index (χ1n) is 11.5. The normalized spacial score (nSPS) is 23.8. The van der Waals surface area contributed by atoms with Gasteiger partial charge in [-0.2, -0.15) is 0 Å². The maximum absolute atomic E-state index is 13.6. The van der Waals surface area contributed by atoms with Gasteiger partial charge in [-0.1, -0.05) is 41.0 Å². The highest BCUT2D eigenvalue weighted by molar-refractivity contribution is 5.90. The lowest BCUT2D eigenvalue weighted by Gasteiger charge is -2.40. The summed E-state index contributed by atoms with van der Waals surface area (Å²) in [6.07, 6.45) is 5.57. The molecule has 3 unspecified atom stereocenters. The summed E-state index contributed by atoms with van der Waals surface area (Å²) in [7, 11) is 3.93. The Morgan fingerprint density at radius 3 is 2.17 bits per heavy atom. The van der Waals surface area contributed by atoms with Crippen molar-refractivity contribution in [3.8, 4) is 0 Å². The molecule has 1 N–H and O–H groups in total. The van der Waals surface area contributed by atoms with Gasteiger partial charge in [-0.3, -0.25) is 14.5 Å². The molecule has 6 nitrogen and oxygen atoms in total. The Morgan fingerprint density at radius 2 is 1.66 bits per heavy atom. The van der Waals surface area contributed by atoms with Crippen LogP contribution in [0.3, 0.4) is 0 Å². The van der Waals surface area contributed by atoms with E-state index in [9.17, 15) is 9.59 Å². The largest absolute Gasteiger partial charge is 0.342 e. The van der Waals surface area contributed by atoms with Crippen molar-refractivity contribution in [2.75, 3.05) is 40.3 Å². The minimum Gasteiger partial charge on any atom is -0.342 e. The highest BCUT2D eigenvalue weighted by Gasteiger charge is 2.39. The predicted molar refractivity (Wildman–Crippen MR) is 119 cm³/mol. The molecule has 2 heterocycles. The van der Waals surface area contributed by atoms with Crippen LogP contribution in [0.2, 0.25) is 0 Å². The third kappa shape index (κ3) is 6.42. The van der Waals surface area contributed by atoms with Crippen molar-refractivity contribution in [2.24, 2.45) is 11.3 Å². The Balaban J connectivity index is 2.12. The van der Waals surface area contributed by atoms with Gasteiger partial charge in [0.05, 0.1) is 6.04 Å². The smallest absolute Gasteiger partial charge is 0.245 e. The molecule has 0 bridgehead atoms. The van der Waals surface area contributed by atoms with Crippen LogP contribution in [0.1, 0.15) is 66.7 Å². The van der Waals surface area contributed by atoms with Crippen molar-refractivity contribution in [1.29, 1.82) is 0 Å². The lowest BCUT2D eigenvalue weighted by Crippen LogP contribution is -2.60. The summed E-state index contributed by atoms with van der Waals surface area (Å²) in [5.74, 6) is 0.391. The van der Waals surface area contributed by atoms with E-state index >= 15 is 0 Å². The molecule has 0 aromatic rings. The minimum atomic E-state index is -0.518. The SMILES string of the molecule is CC(C)C(CN1CCCC1)N(C)C(=O)C(NC(=O)C1CCCCN1C)C(C)(C)C. The van der Waals surface area contributed by atoms with Gasteiger partial charge in [0.15, 0.2) is 0 Å². The van der Waals surface area contributed by atoms with Crippen molar-refractivity contribution >= 4 is 11.8 Å². The van der Waals surface area contributed by atoms with Crippen LogP contribution in [-0.4, -0.2) is 84.9 Å². The zero-order chi connectivity index (χ0) is 21.8. The summed E-state index contributed by atoms with van der Waals surface area (Å²) in [6, 6.07) is -0.493. The molecular weight excluding hydrogens is 364 g/mol. The second-order valence-electron chi connectivity index (χ2n) is 10.6. The molecule has 2 aliphatic rings. The van der Waals surface area contributed by atoms with E-state index in [1.165, 1.54) is 12.8 Å². The molecule has 2 fully saturated rings. The molecule has 2 rings (SSSR count). The average molecular weight is 409 g/mol. The summed E-state index contributed by atoms with van der Waals surface area (Å²) in [5.41, 5.74) is -0.344. The van der Waals surface area contributed by atoms with Gasteiger partial charge in [-0.05, 0) is 63.7 Å². The number of nitrogens with zero attached hydrogens (tertiary/aromatic N) is 3. The third-order valence-electron chi connectivity index (χ3n) is 6.73. The number of hydrogen-bond acceptors (Lipinski definition) is 4. The number of nitrogens with one attached hydrogen (secondary N) is 1. The highest BCUT2D eigenvalue weighted by Crippen LogP contribution is 2.25. The highest BCUT2D eigenvalue weighted by atomic mass is 16.2. The molecule has 2 saturated heterocycles. The molecular formula is C23H44N4O2. The molecule has 0 radical (unpaired) electrons. The summed E-state index contributed by atoms with van der Waals surface area (Å²) < 4.78 is 0. The zero-order valence-corrected chi connectivity index (χ0v) is 19.8. The van der Waals surface area contributed by atoms with Crippen LogP contribution in [0.25, 0.3) is 0 Å². The molecule has 6 heteroatoms. The Hall–Kier alpha value is -1.14. The second kappa shape index (κ2) is 10.3. The topological polar surface area (TPSA) is 55.9 Å². The fourth-order valence-electron chi connectivity index (χ4n) is 4.67.